The number of aryl methyl sites for hydroxylation is 1. The lowest BCUT2D eigenvalue weighted by molar-refractivity contribution is 1.35. The fourth-order valence-corrected chi connectivity index (χ4v) is 1.80. The summed E-state index contributed by atoms with van der Waals surface area (Å²) in [5.74, 6) is 0. The Morgan fingerprint density at radius 1 is 1.18 bits per heavy atom. The Bertz CT molecular complexity index is 456. The molecule has 0 saturated carbocycles. The van der Waals surface area contributed by atoms with Crippen molar-refractivity contribution in [2.45, 2.75) is 24.6 Å². The molecule has 0 spiro atoms. The van der Waals surface area contributed by atoms with Gasteiger partial charge in [-0.15, -0.1) is 0 Å². The standard InChI is InChI=1S/C13H14Cl3N/c1-9-6-4-5-7-12(9)17-11(3)10(2)8-13(14,15)16/h4-8H,1-3H3/b10-8-,17-11?. The van der Waals surface area contributed by atoms with Gasteiger partial charge in [0.15, 0.2) is 0 Å². The molecule has 0 bridgehead atoms. The van der Waals surface area contributed by atoms with Gasteiger partial charge < -0.3 is 0 Å². The predicted molar refractivity (Wildman–Crippen MR) is 78.0 cm³/mol. The molecular weight excluding hydrogens is 277 g/mol. The molecule has 0 radical (unpaired) electrons. The predicted octanol–water partition coefficient (Wildman–Crippen LogP) is 5.40. The average molecular weight is 291 g/mol. The van der Waals surface area contributed by atoms with E-state index < -0.39 is 3.79 Å². The van der Waals surface area contributed by atoms with E-state index in [0.717, 1.165) is 22.5 Å². The van der Waals surface area contributed by atoms with Gasteiger partial charge >= 0.3 is 0 Å². The minimum absolute atomic E-state index is 0.839. The SMILES string of the molecule is CC(=Nc1ccccc1C)/C(C)=C\C(Cl)(Cl)Cl. The number of alkyl halides is 3. The van der Waals surface area contributed by atoms with Gasteiger partial charge in [-0.2, -0.15) is 0 Å². The van der Waals surface area contributed by atoms with Gasteiger partial charge in [0.1, 0.15) is 0 Å². The highest BCUT2D eigenvalue weighted by molar-refractivity contribution is 6.69. The Labute approximate surface area is 117 Å². The first-order valence-electron chi connectivity index (χ1n) is 5.17. The molecular formula is C13H14Cl3N. The molecule has 17 heavy (non-hydrogen) atoms. The van der Waals surface area contributed by atoms with E-state index in [1.165, 1.54) is 0 Å². The van der Waals surface area contributed by atoms with Gasteiger partial charge in [0, 0.05) is 5.71 Å². The number of hydrogen-bond donors (Lipinski definition) is 0. The maximum absolute atomic E-state index is 5.71. The third-order valence-corrected chi connectivity index (χ3v) is 2.68. The topological polar surface area (TPSA) is 12.4 Å². The molecule has 0 N–H and O–H groups in total. The monoisotopic (exact) mass is 289 g/mol. The van der Waals surface area contributed by atoms with Crippen LogP contribution in [0.15, 0.2) is 40.9 Å². The lowest BCUT2D eigenvalue weighted by Gasteiger charge is -2.08. The van der Waals surface area contributed by atoms with Crippen molar-refractivity contribution in [1.82, 2.24) is 0 Å². The van der Waals surface area contributed by atoms with Crippen LogP contribution in [-0.2, 0) is 0 Å². The van der Waals surface area contributed by atoms with Crippen LogP contribution in [-0.4, -0.2) is 9.50 Å². The molecule has 1 rings (SSSR count). The molecule has 0 aliphatic heterocycles. The highest BCUT2D eigenvalue weighted by Crippen LogP contribution is 2.29. The third-order valence-electron chi connectivity index (χ3n) is 2.35. The van der Waals surface area contributed by atoms with Crippen LogP contribution in [0.2, 0.25) is 0 Å². The summed E-state index contributed by atoms with van der Waals surface area (Å²) in [5, 5.41) is 0. The molecule has 4 heteroatoms. The van der Waals surface area contributed by atoms with Gasteiger partial charge in [0.25, 0.3) is 0 Å². The fourth-order valence-electron chi connectivity index (χ4n) is 1.31. The van der Waals surface area contributed by atoms with E-state index >= 15 is 0 Å². The van der Waals surface area contributed by atoms with Crippen molar-refractivity contribution in [2.24, 2.45) is 4.99 Å². The van der Waals surface area contributed by atoms with Gasteiger partial charge in [-0.05, 0) is 44.1 Å². The molecule has 0 aromatic heterocycles. The maximum atomic E-state index is 5.71. The second-order valence-corrected chi connectivity index (χ2v) is 6.22. The van der Waals surface area contributed by atoms with Gasteiger partial charge in [-0.25, -0.2) is 0 Å². The first kappa shape index (κ1) is 14.6. The van der Waals surface area contributed by atoms with Crippen molar-refractivity contribution in [2.75, 3.05) is 0 Å². The van der Waals surface area contributed by atoms with Crippen LogP contribution in [0.25, 0.3) is 0 Å². The zero-order chi connectivity index (χ0) is 13.1. The number of rotatable bonds is 2. The van der Waals surface area contributed by atoms with E-state index in [4.69, 9.17) is 34.8 Å². The van der Waals surface area contributed by atoms with Gasteiger partial charge in [0.05, 0.1) is 5.69 Å². The molecule has 0 unspecified atom stereocenters. The number of para-hydroxylation sites is 1. The zero-order valence-electron chi connectivity index (χ0n) is 9.97. The highest BCUT2D eigenvalue weighted by atomic mass is 35.6. The summed E-state index contributed by atoms with van der Waals surface area (Å²) in [5.41, 5.74) is 3.74. The molecule has 0 heterocycles. The largest absolute Gasteiger partial charge is 0.253 e. The minimum Gasteiger partial charge on any atom is -0.253 e. The van der Waals surface area contributed by atoms with Gasteiger partial charge in [0.2, 0.25) is 3.79 Å². The second-order valence-electron chi connectivity index (χ2n) is 3.85. The first-order chi connectivity index (χ1) is 7.79. The van der Waals surface area contributed by atoms with Crippen LogP contribution in [0.4, 0.5) is 5.69 Å². The normalized spacial score (nSPS) is 14.0. The van der Waals surface area contributed by atoms with Crippen LogP contribution in [0, 0.1) is 6.92 Å². The second kappa shape index (κ2) is 5.90. The Morgan fingerprint density at radius 2 is 1.76 bits per heavy atom. The van der Waals surface area contributed by atoms with E-state index in [0.29, 0.717) is 0 Å². The highest BCUT2D eigenvalue weighted by Gasteiger charge is 2.16. The lowest BCUT2D eigenvalue weighted by Crippen LogP contribution is -2.02. The Hall–Kier alpha value is -0.500. The molecule has 0 aliphatic carbocycles. The summed E-state index contributed by atoms with van der Waals surface area (Å²) in [6, 6.07) is 7.91. The molecule has 0 aliphatic rings. The number of hydrogen-bond acceptors (Lipinski definition) is 1. The van der Waals surface area contributed by atoms with E-state index in [9.17, 15) is 0 Å². The summed E-state index contributed by atoms with van der Waals surface area (Å²) < 4.78 is -1.38. The smallest absolute Gasteiger partial charge is 0.209 e. The third kappa shape index (κ3) is 5.12. The van der Waals surface area contributed by atoms with E-state index in [-0.39, 0.29) is 0 Å². The molecule has 0 amide bonds. The lowest BCUT2D eigenvalue weighted by atomic mass is 10.1. The van der Waals surface area contributed by atoms with E-state index in [1.807, 2.05) is 45.0 Å². The molecule has 0 atom stereocenters. The van der Waals surface area contributed by atoms with Crippen LogP contribution in [0.1, 0.15) is 19.4 Å². The van der Waals surface area contributed by atoms with E-state index in [1.54, 1.807) is 6.08 Å². The molecule has 0 fully saturated rings. The Morgan fingerprint density at radius 3 is 2.29 bits per heavy atom. The number of nitrogens with zero attached hydrogens (tertiary/aromatic N) is 1. The van der Waals surface area contributed by atoms with Crippen molar-refractivity contribution in [3.63, 3.8) is 0 Å². The van der Waals surface area contributed by atoms with Crippen molar-refractivity contribution >= 4 is 46.2 Å². The molecule has 1 nitrogen and oxygen atoms in total. The number of aliphatic imine (C=N–C) groups is 1. The van der Waals surface area contributed by atoms with Crippen LogP contribution in [0.3, 0.4) is 0 Å². The first-order valence-corrected chi connectivity index (χ1v) is 6.30. The summed E-state index contributed by atoms with van der Waals surface area (Å²) in [7, 11) is 0. The molecule has 0 saturated heterocycles. The summed E-state index contributed by atoms with van der Waals surface area (Å²) >= 11 is 17.1. The summed E-state index contributed by atoms with van der Waals surface area (Å²) in [4.78, 5) is 4.52. The van der Waals surface area contributed by atoms with Crippen molar-refractivity contribution in [3.05, 3.63) is 41.5 Å². The summed E-state index contributed by atoms with van der Waals surface area (Å²) in [6.45, 7) is 5.79. The molecule has 92 valence electrons. The van der Waals surface area contributed by atoms with Crippen molar-refractivity contribution in [3.8, 4) is 0 Å². The quantitative estimate of drug-likeness (QED) is 0.510. The minimum atomic E-state index is -1.38. The number of halogens is 3. The zero-order valence-corrected chi connectivity index (χ0v) is 12.2. The van der Waals surface area contributed by atoms with Gasteiger partial charge in [-0.3, -0.25) is 4.99 Å². The summed E-state index contributed by atoms with van der Waals surface area (Å²) in [6.07, 6.45) is 1.56. The van der Waals surface area contributed by atoms with Crippen molar-refractivity contribution < 1.29 is 0 Å². The maximum Gasteiger partial charge on any atom is 0.209 e. The Balaban J connectivity index is 3.02. The van der Waals surface area contributed by atoms with Crippen molar-refractivity contribution in [1.29, 1.82) is 0 Å². The fraction of sp³-hybridized carbons (Fsp3) is 0.308. The van der Waals surface area contributed by atoms with Gasteiger partial charge in [-0.1, -0.05) is 53.0 Å². The van der Waals surface area contributed by atoms with Crippen LogP contribution >= 0.6 is 34.8 Å². The number of benzene rings is 1. The Kier molecular flexibility index (Phi) is 5.05. The molecule has 1 aromatic carbocycles. The number of allylic oxidation sites excluding steroid dienone is 2. The van der Waals surface area contributed by atoms with E-state index in [2.05, 4.69) is 4.99 Å². The molecule has 1 aromatic rings. The van der Waals surface area contributed by atoms with Crippen LogP contribution in [0.5, 0.6) is 0 Å². The van der Waals surface area contributed by atoms with Crippen LogP contribution < -0.4 is 0 Å². The average Bonchev–Trinajstić information content (AvgIpc) is 2.18.